The summed E-state index contributed by atoms with van der Waals surface area (Å²) in [6.45, 7) is 2.22. The number of carbonyl (C=O) groups is 1. The summed E-state index contributed by atoms with van der Waals surface area (Å²) in [5, 5.41) is 0. The molecule has 0 aromatic carbocycles. The molecule has 112 valence electrons. The van der Waals surface area contributed by atoms with Crippen LogP contribution in [-0.2, 0) is 14.3 Å². The van der Waals surface area contributed by atoms with Gasteiger partial charge in [-0.2, -0.15) is 0 Å². The van der Waals surface area contributed by atoms with E-state index in [9.17, 15) is 4.79 Å². The lowest BCUT2D eigenvalue weighted by Crippen LogP contribution is -2.09. The van der Waals surface area contributed by atoms with E-state index in [2.05, 4.69) is 11.1 Å². The highest BCUT2D eigenvalue weighted by atomic mass is 16.5. The minimum absolute atomic E-state index is 0.224. The molecule has 2 rings (SSSR count). The molecule has 0 saturated carbocycles. The molecule has 2 aliphatic carbocycles. The zero-order valence-corrected chi connectivity index (χ0v) is 12.6. The zero-order chi connectivity index (χ0) is 15.1. The van der Waals surface area contributed by atoms with Crippen molar-refractivity contribution >= 4 is 12.2 Å². The molecule has 0 radical (unpaired) electrons. The number of rotatable bonds is 5. The van der Waals surface area contributed by atoms with Crippen LogP contribution in [0.3, 0.4) is 0 Å². The topological polar surface area (TPSA) is 47.9 Å². The quantitative estimate of drug-likeness (QED) is 0.574. The number of hydrogen-bond donors (Lipinski definition) is 0. The van der Waals surface area contributed by atoms with Crippen LogP contribution in [0.5, 0.6) is 0 Å². The highest BCUT2D eigenvalue weighted by molar-refractivity contribution is 5.89. The van der Waals surface area contributed by atoms with Gasteiger partial charge in [0.1, 0.15) is 5.76 Å². The van der Waals surface area contributed by atoms with Crippen molar-refractivity contribution in [2.24, 2.45) is 4.99 Å². The summed E-state index contributed by atoms with van der Waals surface area (Å²) in [6.07, 6.45) is 13.0. The molecule has 0 aliphatic heterocycles. The molecule has 21 heavy (non-hydrogen) atoms. The molecule has 4 heteroatoms. The van der Waals surface area contributed by atoms with Gasteiger partial charge in [-0.3, -0.25) is 4.99 Å². The van der Waals surface area contributed by atoms with E-state index in [0.717, 1.165) is 36.3 Å². The first-order chi connectivity index (χ1) is 10.2. The van der Waals surface area contributed by atoms with Crippen molar-refractivity contribution in [1.82, 2.24) is 0 Å². The zero-order valence-electron chi connectivity index (χ0n) is 12.6. The number of methoxy groups -OCH3 is 1. The average molecular weight is 287 g/mol. The molecule has 0 heterocycles. The Morgan fingerprint density at radius 3 is 2.86 bits per heavy atom. The third-order valence-electron chi connectivity index (χ3n) is 3.44. The highest BCUT2D eigenvalue weighted by Crippen LogP contribution is 2.22. The van der Waals surface area contributed by atoms with Gasteiger partial charge in [0.15, 0.2) is 0 Å². The van der Waals surface area contributed by atoms with Crippen LogP contribution in [0, 0.1) is 0 Å². The maximum Gasteiger partial charge on any atom is 0.333 e. The maximum absolute atomic E-state index is 11.6. The molecule has 4 nitrogen and oxygen atoms in total. The monoisotopic (exact) mass is 287 g/mol. The van der Waals surface area contributed by atoms with E-state index in [0.29, 0.717) is 18.6 Å². The Morgan fingerprint density at radius 2 is 2.19 bits per heavy atom. The van der Waals surface area contributed by atoms with Gasteiger partial charge in [-0.25, -0.2) is 4.79 Å². The van der Waals surface area contributed by atoms with Crippen molar-refractivity contribution < 1.29 is 14.3 Å². The van der Waals surface area contributed by atoms with Crippen molar-refractivity contribution in [1.29, 1.82) is 0 Å². The van der Waals surface area contributed by atoms with Crippen molar-refractivity contribution in [3.8, 4) is 0 Å². The first-order valence-electron chi connectivity index (χ1n) is 7.29. The number of ether oxygens (including phenoxy) is 2. The molecular weight excluding hydrogens is 266 g/mol. The second-order valence-corrected chi connectivity index (χ2v) is 4.86. The van der Waals surface area contributed by atoms with Crippen LogP contribution in [0.25, 0.3) is 0 Å². The Morgan fingerprint density at radius 1 is 1.33 bits per heavy atom. The van der Waals surface area contributed by atoms with Crippen LogP contribution in [0.4, 0.5) is 0 Å². The van der Waals surface area contributed by atoms with Gasteiger partial charge in [-0.1, -0.05) is 6.08 Å². The third-order valence-corrected chi connectivity index (χ3v) is 3.44. The molecule has 0 spiro atoms. The smallest absolute Gasteiger partial charge is 0.333 e. The molecule has 0 unspecified atom stereocenters. The van der Waals surface area contributed by atoms with Gasteiger partial charge in [0.25, 0.3) is 0 Å². The molecule has 0 N–H and O–H groups in total. The van der Waals surface area contributed by atoms with Gasteiger partial charge in [0.2, 0.25) is 0 Å². The summed E-state index contributed by atoms with van der Waals surface area (Å²) in [5.74, 6) is 0.655. The molecule has 0 amide bonds. The standard InChI is InChI=1S/C17H21NO3/c1-3-21-17(19)13-8-10-15(11-9-13)18-12-14-6-4-5-7-16(14)20-2/h5,7-8,10,12H,3-4,6,9,11H2,1-2H3. The van der Waals surface area contributed by atoms with E-state index in [-0.39, 0.29) is 5.97 Å². The number of esters is 1. The fourth-order valence-corrected chi connectivity index (χ4v) is 2.28. The maximum atomic E-state index is 11.6. The minimum atomic E-state index is -0.224. The van der Waals surface area contributed by atoms with E-state index in [1.165, 1.54) is 0 Å². The molecule has 2 aliphatic rings. The van der Waals surface area contributed by atoms with Crippen LogP contribution in [0.1, 0.15) is 32.6 Å². The molecule has 0 aromatic heterocycles. The molecule has 0 fully saturated rings. The number of aliphatic imine (C=N–C) groups is 1. The van der Waals surface area contributed by atoms with E-state index >= 15 is 0 Å². The predicted molar refractivity (Wildman–Crippen MR) is 82.9 cm³/mol. The fraction of sp³-hybridized carbons (Fsp3) is 0.412. The average Bonchev–Trinajstić information content (AvgIpc) is 2.54. The van der Waals surface area contributed by atoms with Crippen LogP contribution < -0.4 is 0 Å². The summed E-state index contributed by atoms with van der Waals surface area (Å²) in [6, 6.07) is 0. The molecule has 0 saturated heterocycles. The van der Waals surface area contributed by atoms with Crippen molar-refractivity contribution in [3.63, 3.8) is 0 Å². The Hall–Kier alpha value is -2.10. The van der Waals surface area contributed by atoms with Gasteiger partial charge in [-0.05, 0) is 50.8 Å². The lowest BCUT2D eigenvalue weighted by molar-refractivity contribution is -0.138. The summed E-state index contributed by atoms with van der Waals surface area (Å²) >= 11 is 0. The van der Waals surface area contributed by atoms with E-state index in [1.54, 1.807) is 13.2 Å². The Labute approximate surface area is 125 Å². The highest BCUT2D eigenvalue weighted by Gasteiger charge is 2.14. The fourth-order valence-electron chi connectivity index (χ4n) is 2.28. The van der Waals surface area contributed by atoms with Crippen molar-refractivity contribution in [3.05, 3.63) is 46.9 Å². The molecule has 0 atom stereocenters. The van der Waals surface area contributed by atoms with Gasteiger partial charge < -0.3 is 9.47 Å². The second-order valence-electron chi connectivity index (χ2n) is 4.86. The van der Waals surface area contributed by atoms with Crippen LogP contribution >= 0.6 is 0 Å². The number of carbonyl (C=O) groups excluding carboxylic acids is 1. The van der Waals surface area contributed by atoms with Gasteiger partial charge >= 0.3 is 5.97 Å². The molecule has 0 bridgehead atoms. The van der Waals surface area contributed by atoms with Gasteiger partial charge in [0, 0.05) is 23.1 Å². The number of allylic oxidation sites excluding steroid dienone is 6. The molecular formula is C17H21NO3. The Bertz CT molecular complexity index is 550. The summed E-state index contributed by atoms with van der Waals surface area (Å²) in [7, 11) is 1.67. The van der Waals surface area contributed by atoms with Crippen LogP contribution in [0.15, 0.2) is 51.9 Å². The van der Waals surface area contributed by atoms with Gasteiger partial charge in [0.05, 0.1) is 13.7 Å². The van der Waals surface area contributed by atoms with E-state index < -0.39 is 0 Å². The minimum Gasteiger partial charge on any atom is -0.496 e. The Balaban J connectivity index is 2.04. The van der Waals surface area contributed by atoms with Crippen LogP contribution in [0.2, 0.25) is 0 Å². The largest absolute Gasteiger partial charge is 0.496 e. The van der Waals surface area contributed by atoms with Crippen LogP contribution in [-0.4, -0.2) is 25.9 Å². The van der Waals surface area contributed by atoms with Crippen molar-refractivity contribution in [2.45, 2.75) is 32.6 Å². The van der Waals surface area contributed by atoms with Gasteiger partial charge in [-0.15, -0.1) is 0 Å². The summed E-state index contributed by atoms with van der Waals surface area (Å²) in [4.78, 5) is 16.1. The summed E-state index contributed by atoms with van der Waals surface area (Å²) in [5.41, 5.74) is 2.80. The molecule has 0 aromatic rings. The SMILES string of the molecule is CCOC(=O)C1=CC=C(N=CC2=C(OC)C=CCC2)CC1. The summed E-state index contributed by atoms with van der Waals surface area (Å²) < 4.78 is 10.3. The number of nitrogens with zero attached hydrogens (tertiary/aromatic N) is 1. The second kappa shape index (κ2) is 7.62. The number of hydrogen-bond acceptors (Lipinski definition) is 4. The lowest BCUT2D eigenvalue weighted by Gasteiger charge is -2.13. The van der Waals surface area contributed by atoms with E-state index in [1.807, 2.05) is 25.3 Å². The lowest BCUT2D eigenvalue weighted by atomic mass is 10.0. The predicted octanol–water partition coefficient (Wildman–Crippen LogP) is 3.47. The third kappa shape index (κ3) is 4.18. The van der Waals surface area contributed by atoms with E-state index in [4.69, 9.17) is 9.47 Å². The first-order valence-corrected chi connectivity index (χ1v) is 7.29. The first kappa shape index (κ1) is 15.3. The Kier molecular flexibility index (Phi) is 5.55. The normalized spacial score (nSPS) is 18.6. The van der Waals surface area contributed by atoms with Crippen molar-refractivity contribution in [2.75, 3.05) is 13.7 Å².